The number of carbonyl (C=O) groups excluding carboxylic acids is 2. The average Bonchev–Trinajstić information content (AvgIpc) is 2.77. The molecular weight excluding hydrogens is 362 g/mol. The summed E-state index contributed by atoms with van der Waals surface area (Å²) in [6.45, 7) is 0.206. The van der Waals surface area contributed by atoms with Crippen LogP contribution in [0.15, 0.2) is 66.6 Å². The molecule has 28 heavy (non-hydrogen) atoms. The van der Waals surface area contributed by atoms with Gasteiger partial charge in [0.1, 0.15) is 25.2 Å². The zero-order valence-corrected chi connectivity index (χ0v) is 15.4. The monoisotopic (exact) mass is 383 g/mol. The molecule has 2 aromatic rings. The third-order valence-corrected chi connectivity index (χ3v) is 4.07. The Morgan fingerprint density at radius 3 is 2.39 bits per heavy atom. The predicted molar refractivity (Wildman–Crippen MR) is 100 cm³/mol. The maximum absolute atomic E-state index is 12.4. The summed E-state index contributed by atoms with van der Waals surface area (Å²) in [5.41, 5.74) is 1.78. The smallest absolute Gasteiger partial charge is 0.377 e. The highest BCUT2D eigenvalue weighted by atomic mass is 16.6. The van der Waals surface area contributed by atoms with E-state index in [1.807, 2.05) is 54.6 Å². The molecule has 0 fully saturated rings. The van der Waals surface area contributed by atoms with Gasteiger partial charge in [0.25, 0.3) is 5.91 Å². The molecule has 0 unspecified atom stereocenters. The van der Waals surface area contributed by atoms with Crippen LogP contribution in [0, 0.1) is 0 Å². The summed E-state index contributed by atoms with van der Waals surface area (Å²) in [6.07, 6.45) is 1.19. The third kappa shape index (κ3) is 5.03. The number of methoxy groups -OCH3 is 1. The van der Waals surface area contributed by atoms with Crippen LogP contribution >= 0.6 is 0 Å². The summed E-state index contributed by atoms with van der Waals surface area (Å²) in [5.74, 6) is -0.501. The summed E-state index contributed by atoms with van der Waals surface area (Å²) in [5, 5.41) is 2.90. The molecule has 2 aromatic carbocycles. The van der Waals surface area contributed by atoms with Crippen molar-refractivity contribution in [2.45, 2.75) is 6.04 Å². The third-order valence-electron chi connectivity index (χ3n) is 4.07. The van der Waals surface area contributed by atoms with E-state index in [2.05, 4.69) is 5.32 Å². The lowest BCUT2D eigenvalue weighted by Crippen LogP contribution is -2.33. The Morgan fingerprint density at radius 2 is 1.75 bits per heavy atom. The Hall–Kier alpha value is -3.48. The minimum Gasteiger partial charge on any atom is -0.497 e. The summed E-state index contributed by atoms with van der Waals surface area (Å²) >= 11 is 0. The van der Waals surface area contributed by atoms with E-state index in [9.17, 15) is 9.59 Å². The fraction of sp³-hybridized carbons (Fsp3) is 0.238. The van der Waals surface area contributed by atoms with Crippen LogP contribution in [0.3, 0.4) is 0 Å². The molecule has 1 aliphatic rings. The second-order valence-electron chi connectivity index (χ2n) is 5.96. The molecular formula is C21H21NO6. The van der Waals surface area contributed by atoms with Crippen molar-refractivity contribution in [2.24, 2.45) is 0 Å². The molecule has 0 aromatic heterocycles. The molecule has 0 bridgehead atoms. The van der Waals surface area contributed by atoms with Crippen molar-refractivity contribution in [3.8, 4) is 5.75 Å². The number of carbonyl (C=O) groups is 2. The molecule has 0 radical (unpaired) electrons. The minimum atomic E-state index is -0.740. The lowest BCUT2D eigenvalue weighted by molar-refractivity contribution is -0.149. The van der Waals surface area contributed by atoms with Gasteiger partial charge in [-0.15, -0.1) is 0 Å². The van der Waals surface area contributed by atoms with Crippen LogP contribution in [0.1, 0.15) is 17.2 Å². The normalized spacial score (nSPS) is 14.0. The van der Waals surface area contributed by atoms with E-state index in [1.54, 1.807) is 7.11 Å². The number of rotatable bonds is 7. The van der Waals surface area contributed by atoms with Crippen molar-refractivity contribution < 1.29 is 28.5 Å². The van der Waals surface area contributed by atoms with Crippen molar-refractivity contribution in [3.05, 3.63) is 77.7 Å². The maximum atomic E-state index is 12.4. The van der Waals surface area contributed by atoms with E-state index >= 15 is 0 Å². The first-order chi connectivity index (χ1) is 13.7. The molecule has 7 nitrogen and oxygen atoms in total. The standard InChI is InChI=1S/C21H21NO6/c1-25-17-9-7-16(8-10-17)20(15-5-3-2-4-6-15)22-19(23)14-28-21(24)18-13-26-11-12-27-18/h2-10,13,20H,11-12,14H2,1H3,(H,22,23)/t20-/m0/s1. The topological polar surface area (TPSA) is 83.1 Å². The fourth-order valence-electron chi connectivity index (χ4n) is 2.68. The van der Waals surface area contributed by atoms with Crippen LogP contribution in [0.25, 0.3) is 0 Å². The van der Waals surface area contributed by atoms with Crippen molar-refractivity contribution in [1.82, 2.24) is 5.32 Å². The van der Waals surface area contributed by atoms with E-state index in [0.717, 1.165) is 16.9 Å². The van der Waals surface area contributed by atoms with Crippen LogP contribution < -0.4 is 10.1 Å². The molecule has 3 rings (SSSR count). The Balaban J connectivity index is 1.67. The lowest BCUT2D eigenvalue weighted by atomic mass is 9.98. The minimum absolute atomic E-state index is 0.0474. The Labute approximate surface area is 162 Å². The van der Waals surface area contributed by atoms with E-state index in [-0.39, 0.29) is 12.4 Å². The van der Waals surface area contributed by atoms with E-state index in [0.29, 0.717) is 6.61 Å². The van der Waals surface area contributed by atoms with Crippen LogP contribution in [0.4, 0.5) is 0 Å². The number of esters is 1. The van der Waals surface area contributed by atoms with Crippen molar-refractivity contribution in [3.63, 3.8) is 0 Å². The molecule has 1 amide bonds. The van der Waals surface area contributed by atoms with Gasteiger partial charge in [0.05, 0.1) is 13.2 Å². The second kappa shape index (κ2) is 9.45. The van der Waals surface area contributed by atoms with Crippen molar-refractivity contribution in [2.75, 3.05) is 26.9 Å². The van der Waals surface area contributed by atoms with Gasteiger partial charge in [-0.25, -0.2) is 4.79 Å². The maximum Gasteiger partial charge on any atom is 0.377 e. The molecule has 1 N–H and O–H groups in total. The zero-order chi connectivity index (χ0) is 19.8. The van der Waals surface area contributed by atoms with Crippen LogP contribution in [0.2, 0.25) is 0 Å². The van der Waals surface area contributed by atoms with E-state index in [4.69, 9.17) is 18.9 Å². The van der Waals surface area contributed by atoms with Gasteiger partial charge >= 0.3 is 5.97 Å². The molecule has 0 saturated carbocycles. The van der Waals surface area contributed by atoms with Gasteiger partial charge < -0.3 is 24.3 Å². The molecule has 7 heteroatoms. The Bertz CT molecular complexity index is 832. The highest BCUT2D eigenvalue weighted by Crippen LogP contribution is 2.24. The first-order valence-corrected chi connectivity index (χ1v) is 8.77. The Morgan fingerprint density at radius 1 is 1.04 bits per heavy atom. The van der Waals surface area contributed by atoms with Gasteiger partial charge in [-0.1, -0.05) is 42.5 Å². The van der Waals surface area contributed by atoms with Crippen LogP contribution in [-0.4, -0.2) is 38.8 Å². The van der Waals surface area contributed by atoms with Gasteiger partial charge in [0.15, 0.2) is 6.61 Å². The van der Waals surface area contributed by atoms with Gasteiger partial charge in [-0.2, -0.15) is 0 Å². The number of amides is 1. The SMILES string of the molecule is COc1ccc([C@@H](NC(=O)COC(=O)C2=COCCO2)c2ccccc2)cc1. The summed E-state index contributed by atoms with van der Waals surface area (Å²) in [7, 11) is 1.59. The van der Waals surface area contributed by atoms with Crippen molar-refractivity contribution in [1.29, 1.82) is 0 Å². The number of nitrogens with one attached hydrogen (secondary N) is 1. The molecule has 146 valence electrons. The van der Waals surface area contributed by atoms with Gasteiger partial charge in [0, 0.05) is 0 Å². The van der Waals surface area contributed by atoms with Gasteiger partial charge in [-0.05, 0) is 23.3 Å². The van der Waals surface area contributed by atoms with E-state index in [1.165, 1.54) is 6.26 Å². The second-order valence-corrected chi connectivity index (χ2v) is 5.96. The molecule has 1 atom stereocenters. The molecule has 0 spiro atoms. The van der Waals surface area contributed by atoms with E-state index < -0.39 is 24.5 Å². The molecule has 1 heterocycles. The Kier molecular flexibility index (Phi) is 6.51. The largest absolute Gasteiger partial charge is 0.497 e. The first-order valence-electron chi connectivity index (χ1n) is 8.77. The molecule has 0 aliphatic carbocycles. The number of hydrogen-bond acceptors (Lipinski definition) is 6. The highest BCUT2D eigenvalue weighted by molar-refractivity contribution is 5.88. The fourth-order valence-corrected chi connectivity index (χ4v) is 2.68. The van der Waals surface area contributed by atoms with Gasteiger partial charge in [0.2, 0.25) is 5.76 Å². The average molecular weight is 383 g/mol. The summed E-state index contributed by atoms with van der Waals surface area (Å²) < 4.78 is 20.3. The lowest BCUT2D eigenvalue weighted by Gasteiger charge is -2.20. The van der Waals surface area contributed by atoms with Gasteiger partial charge in [-0.3, -0.25) is 4.79 Å². The summed E-state index contributed by atoms with van der Waals surface area (Å²) in [4.78, 5) is 24.3. The highest BCUT2D eigenvalue weighted by Gasteiger charge is 2.21. The molecule has 0 saturated heterocycles. The van der Waals surface area contributed by atoms with Crippen LogP contribution in [-0.2, 0) is 23.8 Å². The number of hydrogen-bond donors (Lipinski definition) is 1. The number of ether oxygens (including phenoxy) is 4. The van der Waals surface area contributed by atoms with Crippen molar-refractivity contribution >= 4 is 11.9 Å². The first kappa shape index (κ1) is 19.3. The quantitative estimate of drug-likeness (QED) is 0.739. The predicted octanol–water partition coefficient (Wildman–Crippen LogP) is 2.33. The zero-order valence-electron chi connectivity index (χ0n) is 15.4. The summed E-state index contributed by atoms with van der Waals surface area (Å²) in [6, 6.07) is 16.5. The number of benzene rings is 2. The van der Waals surface area contributed by atoms with Crippen LogP contribution in [0.5, 0.6) is 5.75 Å². The molecule has 1 aliphatic heterocycles.